The highest BCUT2D eigenvalue weighted by Gasteiger charge is 2.51. The largest absolute Gasteiger partial charge is 0.494 e. The first kappa shape index (κ1) is 54.4. The lowest BCUT2D eigenvalue weighted by Gasteiger charge is -2.35. The van der Waals surface area contributed by atoms with Crippen molar-refractivity contribution < 1.29 is 46.9 Å². The lowest BCUT2D eigenvalue weighted by molar-refractivity contribution is -0.144. The maximum absolute atomic E-state index is 14.0. The summed E-state index contributed by atoms with van der Waals surface area (Å²) in [5, 5.41) is 25.5. The normalized spacial score (nSPS) is 17.4. The van der Waals surface area contributed by atoms with Gasteiger partial charge in [-0.1, -0.05) is 45.0 Å². The topological polar surface area (TPSA) is 181 Å². The van der Waals surface area contributed by atoms with Gasteiger partial charge in [-0.2, -0.15) is 18.4 Å². The Bertz CT molecular complexity index is 2600. The average molecular weight is 1020 g/mol. The molecular formula is C51H61F3N8O7S2. The minimum atomic E-state index is -4.80. The van der Waals surface area contributed by atoms with Crippen molar-refractivity contribution in [2.75, 3.05) is 56.3 Å². The molecule has 1 unspecified atom stereocenters. The molecule has 15 nitrogen and oxygen atoms in total. The fourth-order valence-corrected chi connectivity index (χ4v) is 9.85. The maximum atomic E-state index is 14.0. The van der Waals surface area contributed by atoms with Gasteiger partial charge in [-0.25, -0.2) is 4.98 Å². The van der Waals surface area contributed by atoms with Gasteiger partial charge in [0, 0.05) is 38.3 Å². The molecule has 71 heavy (non-hydrogen) atoms. The van der Waals surface area contributed by atoms with Gasteiger partial charge in [0.05, 0.1) is 51.7 Å². The number of hydrogen-bond acceptors (Lipinski definition) is 12. The number of unbranched alkanes of at least 4 members (excludes halogenated alkanes) is 1. The number of rotatable bonds is 20. The summed E-state index contributed by atoms with van der Waals surface area (Å²) in [6.07, 6.45) is -3.33. The van der Waals surface area contributed by atoms with E-state index < -0.39 is 64.2 Å². The van der Waals surface area contributed by atoms with E-state index in [4.69, 9.17) is 21.7 Å². The Morgan fingerprint density at radius 3 is 2.32 bits per heavy atom. The first-order valence-corrected chi connectivity index (χ1v) is 24.6. The molecule has 3 heterocycles. The number of benzene rings is 3. The van der Waals surface area contributed by atoms with Crippen LogP contribution in [0.3, 0.4) is 0 Å². The van der Waals surface area contributed by atoms with E-state index in [0.29, 0.717) is 31.1 Å². The molecule has 0 radical (unpaired) electrons. The van der Waals surface area contributed by atoms with Crippen molar-refractivity contribution in [2.24, 2.45) is 5.41 Å². The number of hydrogen-bond donors (Lipinski definition) is 3. The van der Waals surface area contributed by atoms with Crippen molar-refractivity contribution in [2.45, 2.75) is 104 Å². The smallest absolute Gasteiger partial charge is 0.417 e. The highest BCUT2D eigenvalue weighted by atomic mass is 32.1. The second-order valence-electron chi connectivity index (χ2n) is 19.4. The van der Waals surface area contributed by atoms with E-state index in [1.807, 2.05) is 59.0 Å². The number of amides is 4. The summed E-state index contributed by atoms with van der Waals surface area (Å²) in [6.45, 7) is 12.9. The van der Waals surface area contributed by atoms with Crippen LogP contribution in [0, 0.1) is 23.7 Å². The maximum Gasteiger partial charge on any atom is 0.417 e. The number of nitriles is 1. The van der Waals surface area contributed by atoms with Gasteiger partial charge in [0.1, 0.15) is 30.0 Å². The van der Waals surface area contributed by atoms with Crippen molar-refractivity contribution in [1.82, 2.24) is 25.4 Å². The minimum absolute atomic E-state index is 0.00160. The molecule has 0 spiro atoms. The Kier molecular flexibility index (Phi) is 17.6. The number of nitrogens with one attached hydrogen (secondary N) is 2. The molecule has 2 fully saturated rings. The predicted molar refractivity (Wildman–Crippen MR) is 269 cm³/mol. The molecule has 4 amide bonds. The van der Waals surface area contributed by atoms with Crippen LogP contribution in [0.15, 0.2) is 72.2 Å². The predicted octanol–water partition coefficient (Wildman–Crippen LogP) is 7.23. The molecule has 0 saturated carbocycles. The lowest BCUT2D eigenvalue weighted by atomic mass is 9.85. The SMILES string of the molecule is Cc1ncsc1-c1ccc(CNC(=O)C2C[C@@H](O)CN2C(=O)[C@@H](NC(=O)COCCCN(C)CCCCOc2ccc(N3C(=S)N(c4ccc(C#N)c(C(F)(F)F)c4)C(=O)C3(C)C)cc2)C(C)(C)C)cc1. The number of nitrogens with zero attached hydrogens (tertiary/aromatic N) is 6. The summed E-state index contributed by atoms with van der Waals surface area (Å²) in [4.78, 5) is 65.6. The number of thiocarbonyl (C=S) groups is 1. The number of thiazole rings is 1. The molecule has 3 N–H and O–H groups in total. The molecule has 4 aromatic rings. The van der Waals surface area contributed by atoms with E-state index in [1.165, 1.54) is 11.0 Å². The number of aromatic nitrogens is 1. The van der Waals surface area contributed by atoms with Crippen LogP contribution < -0.4 is 25.2 Å². The van der Waals surface area contributed by atoms with Crippen LogP contribution in [-0.4, -0.2) is 119 Å². The van der Waals surface area contributed by atoms with Gasteiger partial charge in [0.15, 0.2) is 5.11 Å². The molecule has 2 aliphatic rings. The van der Waals surface area contributed by atoms with Crippen LogP contribution in [0.4, 0.5) is 24.5 Å². The van der Waals surface area contributed by atoms with E-state index >= 15 is 0 Å². The van der Waals surface area contributed by atoms with E-state index in [2.05, 4.69) is 20.5 Å². The third-order valence-corrected chi connectivity index (χ3v) is 13.8. The van der Waals surface area contributed by atoms with Crippen molar-refractivity contribution in [3.63, 3.8) is 0 Å². The number of carbonyl (C=O) groups excluding carboxylic acids is 4. The number of β-amino-alcohol motifs (C(OH)–C–C–N with tert-alkyl or cyclic N) is 1. The highest BCUT2D eigenvalue weighted by Crippen LogP contribution is 2.40. The number of anilines is 2. The van der Waals surface area contributed by atoms with Crippen molar-refractivity contribution >= 4 is 63.7 Å². The molecule has 6 rings (SSSR count). The molecule has 3 atom stereocenters. The number of halogens is 3. The Morgan fingerprint density at radius 1 is 1.01 bits per heavy atom. The number of aliphatic hydroxyl groups excluding tert-OH is 1. The summed E-state index contributed by atoms with van der Waals surface area (Å²) in [7, 11) is 1.99. The zero-order valence-electron chi connectivity index (χ0n) is 41.0. The zero-order chi connectivity index (χ0) is 51.8. The van der Waals surface area contributed by atoms with Gasteiger partial charge in [0.2, 0.25) is 17.7 Å². The molecule has 0 aliphatic carbocycles. The van der Waals surface area contributed by atoms with Gasteiger partial charge >= 0.3 is 6.18 Å². The highest BCUT2D eigenvalue weighted by molar-refractivity contribution is 7.81. The fraction of sp³-hybridized carbons (Fsp3) is 0.471. The molecule has 3 aromatic carbocycles. The molecular weight excluding hydrogens is 958 g/mol. The Balaban J connectivity index is 0.882. The number of aliphatic hydroxyl groups is 1. The monoisotopic (exact) mass is 1020 g/mol. The van der Waals surface area contributed by atoms with E-state index in [0.717, 1.165) is 64.7 Å². The van der Waals surface area contributed by atoms with Gasteiger partial charge in [-0.15, -0.1) is 11.3 Å². The molecule has 20 heteroatoms. The fourth-order valence-electron chi connectivity index (χ4n) is 8.52. The van der Waals surface area contributed by atoms with Crippen LogP contribution in [0.1, 0.15) is 82.7 Å². The third kappa shape index (κ3) is 13.3. The standard InChI is InChI=1S/C51H61F3N8O7S2/c1-32-43(71-31-57-32)34-13-11-33(12-14-34)28-56-45(65)41-26-38(63)29-60(41)46(66)44(49(2,3)4)58-42(64)30-68-23-10-22-59(7)21-8-9-24-69-39-19-17-36(18-20-39)62-48(70)61(47(67)50(62,5)6)37-16-15-35(27-55)40(25-37)51(52,53)54/h11-20,25,31,38,41,44,63H,8-10,21-24,26,28-30H2,1-7H3,(H,56,65)(H,58,64)/t38-,41?,44-/m1/s1. The first-order valence-electron chi connectivity index (χ1n) is 23.4. The van der Waals surface area contributed by atoms with E-state index in [9.17, 15) is 42.7 Å². The zero-order valence-corrected chi connectivity index (χ0v) is 42.6. The Hall–Kier alpha value is -5.98. The number of ether oxygens (including phenoxy) is 2. The molecule has 380 valence electrons. The lowest BCUT2D eigenvalue weighted by Crippen LogP contribution is -2.58. The summed E-state index contributed by atoms with van der Waals surface area (Å²) in [5.74, 6) is -1.22. The van der Waals surface area contributed by atoms with Crippen molar-refractivity contribution in [1.29, 1.82) is 5.26 Å². The first-order chi connectivity index (χ1) is 33.5. The van der Waals surface area contributed by atoms with E-state index in [-0.39, 0.29) is 42.8 Å². The molecule has 1 aromatic heterocycles. The summed E-state index contributed by atoms with van der Waals surface area (Å²) >= 11 is 7.20. The minimum Gasteiger partial charge on any atom is -0.494 e. The van der Waals surface area contributed by atoms with Gasteiger partial charge < -0.3 is 39.9 Å². The Labute approximate surface area is 421 Å². The Morgan fingerprint density at radius 2 is 1.69 bits per heavy atom. The van der Waals surface area contributed by atoms with E-state index in [1.54, 1.807) is 65.9 Å². The van der Waals surface area contributed by atoms with Crippen LogP contribution in [0.2, 0.25) is 0 Å². The number of likely N-dealkylation sites (tertiary alicyclic amines) is 1. The number of aryl methyl sites for hydroxylation is 1. The average Bonchev–Trinajstić information content (AvgIpc) is 3.98. The molecule has 0 bridgehead atoms. The third-order valence-electron chi connectivity index (χ3n) is 12.4. The number of carbonyl (C=O) groups is 4. The second kappa shape index (κ2) is 23.1. The van der Waals surface area contributed by atoms with Crippen LogP contribution >= 0.6 is 23.6 Å². The van der Waals surface area contributed by atoms with Crippen LogP contribution in [-0.2, 0) is 36.6 Å². The van der Waals surface area contributed by atoms with Crippen molar-refractivity contribution in [3.05, 3.63) is 94.6 Å². The van der Waals surface area contributed by atoms with Crippen LogP contribution in [0.5, 0.6) is 5.75 Å². The van der Waals surface area contributed by atoms with Crippen molar-refractivity contribution in [3.8, 4) is 22.3 Å². The number of alkyl halides is 3. The van der Waals surface area contributed by atoms with Crippen LogP contribution in [0.25, 0.3) is 10.4 Å². The van der Waals surface area contributed by atoms with Gasteiger partial charge in [-0.05, 0) is 125 Å². The molecule has 2 aliphatic heterocycles. The van der Waals surface area contributed by atoms with Gasteiger partial charge in [0.25, 0.3) is 5.91 Å². The quantitative estimate of drug-likeness (QED) is 0.0598. The second-order valence-corrected chi connectivity index (χ2v) is 20.6. The van der Waals surface area contributed by atoms with Gasteiger partial charge in [-0.3, -0.25) is 24.1 Å². The molecule has 2 saturated heterocycles. The summed E-state index contributed by atoms with van der Waals surface area (Å²) in [6, 6.07) is 17.5. The summed E-state index contributed by atoms with van der Waals surface area (Å²) in [5.41, 5.74) is 1.51. The summed E-state index contributed by atoms with van der Waals surface area (Å²) < 4.78 is 52.8.